The van der Waals surface area contributed by atoms with Crippen molar-refractivity contribution in [2.45, 2.75) is 13.0 Å². The Morgan fingerprint density at radius 1 is 1.21 bits per heavy atom. The molecule has 6 nitrogen and oxygen atoms in total. The van der Waals surface area contributed by atoms with Crippen molar-refractivity contribution in [3.8, 4) is 6.07 Å². The summed E-state index contributed by atoms with van der Waals surface area (Å²) >= 11 is 8.17. The maximum atomic E-state index is 13.7. The van der Waals surface area contributed by atoms with Crippen LogP contribution in [0.25, 0.3) is 11.6 Å². The standard InChI is InChI=1S/C24H17Br2N3O3S/c1-2-32-24(31)19-20(28)15(12-27)21(14-8-4-6-10-17(14)26)29-22(30)18(33-23(19)29)11-13-7-3-5-9-16(13)25/h3-11,21H,2,28H2,1H3/b18-11+/t21-/m1/s1. The van der Waals surface area contributed by atoms with Gasteiger partial charge in [0.25, 0.3) is 5.56 Å². The molecule has 0 saturated carbocycles. The molecule has 4 rings (SSSR count). The summed E-state index contributed by atoms with van der Waals surface area (Å²) in [7, 11) is 0. The molecular weight excluding hydrogens is 570 g/mol. The largest absolute Gasteiger partial charge is 0.462 e. The number of hydrogen-bond donors (Lipinski definition) is 1. The fraction of sp³-hybridized carbons (Fsp3) is 0.125. The lowest BCUT2D eigenvalue weighted by atomic mass is 9.93. The monoisotopic (exact) mass is 585 g/mol. The van der Waals surface area contributed by atoms with Crippen molar-refractivity contribution in [3.05, 3.63) is 99.4 Å². The van der Waals surface area contributed by atoms with E-state index in [1.54, 1.807) is 13.0 Å². The molecule has 2 N–H and O–H groups in total. The SMILES string of the molecule is CCOC(=O)C1=c2s/c(=C/c3ccccc3Br)c(=O)n2[C@H](c2ccccc2Br)C(C#N)=C1N. The molecule has 2 heterocycles. The third kappa shape index (κ3) is 4.10. The van der Waals surface area contributed by atoms with E-state index in [0.29, 0.717) is 14.8 Å². The first-order valence-corrected chi connectivity index (χ1v) is 12.3. The van der Waals surface area contributed by atoms with E-state index in [0.717, 1.165) is 25.8 Å². The average Bonchev–Trinajstić information content (AvgIpc) is 3.10. The minimum absolute atomic E-state index is 0.0189. The summed E-state index contributed by atoms with van der Waals surface area (Å²) < 4.78 is 8.99. The second kappa shape index (κ2) is 9.51. The fourth-order valence-corrected chi connectivity index (χ4v) is 5.74. The molecule has 166 valence electrons. The Kier molecular flexibility index (Phi) is 6.70. The van der Waals surface area contributed by atoms with Crippen molar-refractivity contribution in [2.24, 2.45) is 5.73 Å². The second-order valence-corrected chi connectivity index (χ2v) is 9.81. The van der Waals surface area contributed by atoms with Crippen LogP contribution in [0.3, 0.4) is 0 Å². The molecule has 0 spiro atoms. The third-order valence-corrected chi connectivity index (χ3v) is 7.70. The Labute approximate surface area is 210 Å². The number of carbonyl (C=O) groups excluding carboxylic acids is 1. The lowest BCUT2D eigenvalue weighted by molar-refractivity contribution is -0.136. The number of thiazole rings is 1. The lowest BCUT2D eigenvalue weighted by Crippen LogP contribution is -2.41. The van der Waals surface area contributed by atoms with Gasteiger partial charge >= 0.3 is 5.97 Å². The molecule has 0 unspecified atom stereocenters. The number of esters is 1. The van der Waals surface area contributed by atoms with E-state index in [1.807, 2.05) is 48.5 Å². The molecule has 2 aromatic carbocycles. The van der Waals surface area contributed by atoms with Crippen molar-refractivity contribution in [1.29, 1.82) is 5.26 Å². The fourth-order valence-electron chi connectivity index (χ4n) is 3.68. The number of allylic oxidation sites excluding steroid dienone is 1. The van der Waals surface area contributed by atoms with Gasteiger partial charge in [0.15, 0.2) is 0 Å². The summed E-state index contributed by atoms with van der Waals surface area (Å²) in [6.07, 6.45) is 1.75. The molecule has 3 aromatic rings. The Morgan fingerprint density at radius 3 is 2.52 bits per heavy atom. The topological polar surface area (TPSA) is 98.1 Å². The molecule has 1 aliphatic heterocycles. The molecule has 0 aliphatic carbocycles. The maximum absolute atomic E-state index is 13.7. The van der Waals surface area contributed by atoms with Gasteiger partial charge in [0.2, 0.25) is 0 Å². The molecule has 0 radical (unpaired) electrons. The van der Waals surface area contributed by atoms with Crippen LogP contribution in [0.2, 0.25) is 0 Å². The highest BCUT2D eigenvalue weighted by molar-refractivity contribution is 9.10. The van der Waals surface area contributed by atoms with E-state index in [4.69, 9.17) is 10.5 Å². The van der Waals surface area contributed by atoms with Crippen LogP contribution in [0.15, 0.2) is 73.5 Å². The number of halogens is 2. The Morgan fingerprint density at radius 2 is 1.88 bits per heavy atom. The van der Waals surface area contributed by atoms with Crippen LogP contribution in [0.4, 0.5) is 0 Å². The van der Waals surface area contributed by atoms with Crippen LogP contribution >= 0.6 is 43.2 Å². The summed E-state index contributed by atoms with van der Waals surface area (Å²) in [6.45, 7) is 1.82. The van der Waals surface area contributed by atoms with Crippen molar-refractivity contribution < 1.29 is 9.53 Å². The Hall–Kier alpha value is -2.93. The molecule has 0 saturated heterocycles. The van der Waals surface area contributed by atoms with Crippen LogP contribution in [0.5, 0.6) is 0 Å². The number of nitrogens with two attached hydrogens (primary N) is 1. The van der Waals surface area contributed by atoms with Crippen LogP contribution in [-0.4, -0.2) is 17.1 Å². The van der Waals surface area contributed by atoms with Crippen LogP contribution in [0, 0.1) is 11.3 Å². The summed E-state index contributed by atoms with van der Waals surface area (Å²) in [5.74, 6) is -0.671. The predicted molar refractivity (Wildman–Crippen MR) is 135 cm³/mol. The summed E-state index contributed by atoms with van der Waals surface area (Å²) in [6, 6.07) is 16.2. The molecule has 9 heteroatoms. The van der Waals surface area contributed by atoms with Gasteiger partial charge in [0.05, 0.1) is 28.5 Å². The van der Waals surface area contributed by atoms with E-state index < -0.39 is 12.0 Å². The molecule has 0 amide bonds. The summed E-state index contributed by atoms with van der Waals surface area (Å²) in [5, 5.41) is 10.0. The number of rotatable bonds is 4. The van der Waals surface area contributed by atoms with Gasteiger partial charge in [-0.05, 0) is 36.3 Å². The summed E-state index contributed by atoms with van der Waals surface area (Å²) in [4.78, 5) is 26.5. The van der Waals surface area contributed by atoms with Gasteiger partial charge in [-0.3, -0.25) is 9.36 Å². The minimum Gasteiger partial charge on any atom is -0.462 e. The van der Waals surface area contributed by atoms with Gasteiger partial charge in [-0.15, -0.1) is 11.3 Å². The van der Waals surface area contributed by atoms with E-state index >= 15 is 0 Å². The molecule has 0 fully saturated rings. The smallest absolute Gasteiger partial charge is 0.343 e. The highest BCUT2D eigenvalue weighted by atomic mass is 79.9. The molecule has 1 aliphatic rings. The van der Waals surface area contributed by atoms with Crippen LogP contribution in [0.1, 0.15) is 24.1 Å². The van der Waals surface area contributed by atoms with Gasteiger partial charge in [-0.1, -0.05) is 68.3 Å². The lowest BCUT2D eigenvalue weighted by Gasteiger charge is -2.25. The third-order valence-electron chi connectivity index (χ3n) is 5.15. The van der Waals surface area contributed by atoms with Crippen molar-refractivity contribution in [1.82, 2.24) is 4.57 Å². The van der Waals surface area contributed by atoms with E-state index in [9.17, 15) is 14.9 Å². The number of benzene rings is 2. The average molecular weight is 587 g/mol. The summed E-state index contributed by atoms with van der Waals surface area (Å²) in [5.41, 5.74) is 7.71. The van der Waals surface area contributed by atoms with Crippen molar-refractivity contribution in [2.75, 3.05) is 6.61 Å². The molecule has 0 bridgehead atoms. The second-order valence-electron chi connectivity index (χ2n) is 7.07. The first kappa shape index (κ1) is 23.2. The van der Waals surface area contributed by atoms with Gasteiger partial charge in [-0.2, -0.15) is 5.26 Å². The quantitative estimate of drug-likeness (QED) is 0.473. The van der Waals surface area contributed by atoms with Crippen molar-refractivity contribution in [3.63, 3.8) is 0 Å². The normalized spacial score (nSPS) is 15.9. The van der Waals surface area contributed by atoms with E-state index in [1.165, 1.54) is 4.57 Å². The Balaban J connectivity index is 2.14. The van der Waals surface area contributed by atoms with E-state index in [-0.39, 0.29) is 29.0 Å². The first-order valence-electron chi connectivity index (χ1n) is 9.92. The van der Waals surface area contributed by atoms with Gasteiger partial charge < -0.3 is 10.5 Å². The number of nitrogens with zero attached hydrogens (tertiary/aromatic N) is 2. The Bertz CT molecular complexity index is 1530. The first-order chi connectivity index (χ1) is 15.9. The number of aromatic nitrogens is 1. The predicted octanol–water partition coefficient (Wildman–Crippen LogP) is 3.32. The maximum Gasteiger partial charge on any atom is 0.343 e. The van der Waals surface area contributed by atoms with Crippen LogP contribution < -0.4 is 20.5 Å². The highest BCUT2D eigenvalue weighted by Gasteiger charge is 2.35. The number of nitriles is 1. The zero-order valence-electron chi connectivity index (χ0n) is 17.3. The van der Waals surface area contributed by atoms with Gasteiger partial charge in [0.1, 0.15) is 16.3 Å². The number of fused-ring (bicyclic) bond motifs is 1. The number of carbonyl (C=O) groups is 1. The van der Waals surface area contributed by atoms with Crippen LogP contribution in [-0.2, 0) is 9.53 Å². The number of ether oxygens (including phenoxy) is 1. The molecule has 1 aromatic heterocycles. The van der Waals surface area contributed by atoms with E-state index in [2.05, 4.69) is 37.9 Å². The van der Waals surface area contributed by atoms with Gasteiger partial charge in [0, 0.05) is 8.95 Å². The minimum atomic E-state index is -0.788. The molecular formula is C24H17Br2N3O3S. The molecule has 33 heavy (non-hydrogen) atoms. The zero-order chi connectivity index (χ0) is 23.7. The highest BCUT2D eigenvalue weighted by Crippen LogP contribution is 2.34. The molecule has 1 atom stereocenters. The van der Waals surface area contributed by atoms with Gasteiger partial charge in [-0.25, -0.2) is 4.79 Å². The van der Waals surface area contributed by atoms with Crippen molar-refractivity contribution >= 4 is 60.8 Å². The zero-order valence-corrected chi connectivity index (χ0v) is 21.3. The number of hydrogen-bond acceptors (Lipinski definition) is 6.